The van der Waals surface area contributed by atoms with Gasteiger partial charge in [-0.05, 0) is 38.1 Å². The molecule has 0 unspecified atom stereocenters. The SMILES string of the molecule is O=C(c1cccc2cc[nH]c12)N1C[C@H](O)[C@@H](N2CCCC2)C1. The summed E-state index contributed by atoms with van der Waals surface area (Å²) in [5.41, 5.74) is 1.57. The number of carbonyl (C=O) groups is 1. The Bertz CT molecular complexity index is 690. The number of para-hydroxylation sites is 1. The van der Waals surface area contributed by atoms with Crippen molar-refractivity contribution in [2.24, 2.45) is 0 Å². The zero-order valence-corrected chi connectivity index (χ0v) is 12.5. The van der Waals surface area contributed by atoms with Crippen LogP contribution in [0.25, 0.3) is 10.9 Å². The second-order valence-corrected chi connectivity index (χ2v) is 6.34. The van der Waals surface area contributed by atoms with Crippen LogP contribution in [0, 0.1) is 0 Å². The van der Waals surface area contributed by atoms with Crippen LogP contribution in [0.3, 0.4) is 0 Å². The Balaban J connectivity index is 1.57. The summed E-state index contributed by atoms with van der Waals surface area (Å²) in [5, 5.41) is 11.4. The van der Waals surface area contributed by atoms with Crippen molar-refractivity contribution in [1.82, 2.24) is 14.8 Å². The van der Waals surface area contributed by atoms with E-state index in [-0.39, 0.29) is 11.9 Å². The average molecular weight is 299 g/mol. The van der Waals surface area contributed by atoms with Crippen LogP contribution < -0.4 is 0 Å². The Labute approximate surface area is 129 Å². The average Bonchev–Trinajstić information content (AvgIpc) is 3.25. The van der Waals surface area contributed by atoms with Crippen molar-refractivity contribution in [3.8, 4) is 0 Å². The van der Waals surface area contributed by atoms with Gasteiger partial charge in [-0.25, -0.2) is 0 Å². The minimum absolute atomic E-state index is 0.00815. The quantitative estimate of drug-likeness (QED) is 0.882. The van der Waals surface area contributed by atoms with Gasteiger partial charge in [-0.1, -0.05) is 12.1 Å². The molecule has 2 N–H and O–H groups in total. The van der Waals surface area contributed by atoms with Gasteiger partial charge >= 0.3 is 0 Å². The van der Waals surface area contributed by atoms with Crippen LogP contribution in [0.4, 0.5) is 0 Å². The molecule has 2 aliphatic heterocycles. The summed E-state index contributed by atoms with van der Waals surface area (Å²) in [4.78, 5) is 20.1. The van der Waals surface area contributed by atoms with E-state index in [9.17, 15) is 9.90 Å². The largest absolute Gasteiger partial charge is 0.390 e. The lowest BCUT2D eigenvalue weighted by molar-refractivity contribution is 0.0765. The predicted molar refractivity (Wildman–Crippen MR) is 84.8 cm³/mol. The smallest absolute Gasteiger partial charge is 0.256 e. The second kappa shape index (κ2) is 5.41. The molecule has 22 heavy (non-hydrogen) atoms. The molecule has 5 heteroatoms. The molecule has 0 bridgehead atoms. The first kappa shape index (κ1) is 13.8. The zero-order chi connectivity index (χ0) is 15.1. The lowest BCUT2D eigenvalue weighted by Crippen LogP contribution is -2.41. The van der Waals surface area contributed by atoms with Crippen LogP contribution in [0.5, 0.6) is 0 Å². The van der Waals surface area contributed by atoms with E-state index in [1.54, 1.807) is 4.90 Å². The summed E-state index contributed by atoms with van der Waals surface area (Å²) in [6.07, 6.45) is 3.80. The third kappa shape index (κ3) is 2.21. The third-order valence-electron chi connectivity index (χ3n) is 4.97. The first-order chi connectivity index (χ1) is 10.7. The number of likely N-dealkylation sites (tertiary alicyclic amines) is 2. The number of carbonyl (C=O) groups excluding carboxylic acids is 1. The van der Waals surface area contributed by atoms with E-state index in [4.69, 9.17) is 0 Å². The van der Waals surface area contributed by atoms with E-state index in [0.29, 0.717) is 18.7 Å². The highest BCUT2D eigenvalue weighted by Gasteiger charge is 2.38. The van der Waals surface area contributed by atoms with Gasteiger partial charge in [0.2, 0.25) is 0 Å². The number of hydrogen-bond donors (Lipinski definition) is 2. The monoisotopic (exact) mass is 299 g/mol. The molecule has 4 rings (SSSR count). The Hall–Kier alpha value is -1.85. The van der Waals surface area contributed by atoms with Crippen LogP contribution in [-0.4, -0.2) is 64.1 Å². The molecule has 2 saturated heterocycles. The number of β-amino-alcohol motifs (C(OH)–C–C–N with tert-alkyl or cyclic N) is 1. The molecular weight excluding hydrogens is 278 g/mol. The number of amides is 1. The molecule has 0 saturated carbocycles. The fraction of sp³-hybridized carbons (Fsp3) is 0.471. The standard InChI is InChI=1S/C17H21N3O2/c21-15-11-20(10-14(15)19-8-1-2-9-19)17(22)13-5-3-4-12-6-7-18-16(12)13/h3-7,14-15,18,21H,1-2,8-11H2/t14-,15-/m0/s1. The number of hydrogen-bond acceptors (Lipinski definition) is 3. The number of nitrogens with zero attached hydrogens (tertiary/aromatic N) is 2. The lowest BCUT2D eigenvalue weighted by atomic mass is 10.1. The van der Waals surface area contributed by atoms with E-state index in [0.717, 1.165) is 24.0 Å². The Morgan fingerprint density at radius 3 is 2.82 bits per heavy atom. The Morgan fingerprint density at radius 1 is 1.18 bits per heavy atom. The fourth-order valence-electron chi connectivity index (χ4n) is 3.80. The van der Waals surface area contributed by atoms with Gasteiger partial charge in [0.15, 0.2) is 0 Å². The molecular formula is C17H21N3O2. The van der Waals surface area contributed by atoms with Crippen LogP contribution in [-0.2, 0) is 0 Å². The number of aliphatic hydroxyl groups is 1. The number of nitrogens with one attached hydrogen (secondary N) is 1. The summed E-state index contributed by atoms with van der Waals surface area (Å²) in [6.45, 7) is 3.13. The maximum atomic E-state index is 12.8. The van der Waals surface area contributed by atoms with Crippen molar-refractivity contribution in [2.75, 3.05) is 26.2 Å². The molecule has 1 aromatic carbocycles. The normalized spacial score (nSPS) is 26.1. The highest BCUT2D eigenvalue weighted by atomic mass is 16.3. The molecule has 116 valence electrons. The molecule has 0 spiro atoms. The van der Waals surface area contributed by atoms with E-state index >= 15 is 0 Å². The molecule has 2 aromatic rings. The summed E-state index contributed by atoms with van der Waals surface area (Å²) in [6, 6.07) is 7.83. The number of rotatable bonds is 2. The highest BCUT2D eigenvalue weighted by Crippen LogP contribution is 2.24. The lowest BCUT2D eigenvalue weighted by Gasteiger charge is -2.25. The Morgan fingerprint density at radius 2 is 2.00 bits per heavy atom. The van der Waals surface area contributed by atoms with Crippen molar-refractivity contribution in [3.63, 3.8) is 0 Å². The maximum Gasteiger partial charge on any atom is 0.256 e. The fourth-order valence-corrected chi connectivity index (χ4v) is 3.80. The predicted octanol–water partition coefficient (Wildman–Crippen LogP) is 1.45. The molecule has 1 amide bonds. The van der Waals surface area contributed by atoms with Gasteiger partial charge in [0.25, 0.3) is 5.91 Å². The first-order valence-electron chi connectivity index (χ1n) is 8.01. The van der Waals surface area contributed by atoms with E-state index < -0.39 is 6.10 Å². The van der Waals surface area contributed by atoms with Gasteiger partial charge in [-0.2, -0.15) is 0 Å². The molecule has 1 aromatic heterocycles. The number of aliphatic hydroxyl groups excluding tert-OH is 1. The zero-order valence-electron chi connectivity index (χ0n) is 12.5. The van der Waals surface area contributed by atoms with Crippen molar-refractivity contribution < 1.29 is 9.90 Å². The van der Waals surface area contributed by atoms with Gasteiger partial charge < -0.3 is 15.0 Å². The highest BCUT2D eigenvalue weighted by molar-refractivity contribution is 6.05. The first-order valence-corrected chi connectivity index (χ1v) is 8.01. The maximum absolute atomic E-state index is 12.8. The van der Waals surface area contributed by atoms with Crippen LogP contribution in [0.15, 0.2) is 30.5 Å². The minimum atomic E-state index is -0.440. The third-order valence-corrected chi connectivity index (χ3v) is 4.97. The van der Waals surface area contributed by atoms with Gasteiger partial charge in [0.1, 0.15) is 0 Å². The number of H-pyrrole nitrogens is 1. The molecule has 0 radical (unpaired) electrons. The van der Waals surface area contributed by atoms with E-state index in [1.165, 1.54) is 12.8 Å². The topological polar surface area (TPSA) is 59.6 Å². The summed E-state index contributed by atoms with van der Waals surface area (Å²) < 4.78 is 0. The molecule has 2 fully saturated rings. The molecule has 2 atom stereocenters. The molecule has 0 aliphatic carbocycles. The minimum Gasteiger partial charge on any atom is -0.390 e. The van der Waals surface area contributed by atoms with Gasteiger partial charge in [-0.3, -0.25) is 9.69 Å². The van der Waals surface area contributed by atoms with Crippen LogP contribution in [0.2, 0.25) is 0 Å². The second-order valence-electron chi connectivity index (χ2n) is 6.34. The van der Waals surface area contributed by atoms with E-state index in [1.807, 2.05) is 30.5 Å². The van der Waals surface area contributed by atoms with Crippen molar-refractivity contribution >= 4 is 16.8 Å². The van der Waals surface area contributed by atoms with E-state index in [2.05, 4.69) is 9.88 Å². The summed E-state index contributed by atoms with van der Waals surface area (Å²) in [7, 11) is 0. The molecule has 2 aliphatic rings. The summed E-state index contributed by atoms with van der Waals surface area (Å²) >= 11 is 0. The van der Waals surface area contributed by atoms with Gasteiger partial charge in [-0.15, -0.1) is 0 Å². The molecule has 5 nitrogen and oxygen atoms in total. The van der Waals surface area contributed by atoms with Gasteiger partial charge in [0, 0.05) is 24.7 Å². The number of aromatic amines is 1. The van der Waals surface area contributed by atoms with Crippen molar-refractivity contribution in [1.29, 1.82) is 0 Å². The van der Waals surface area contributed by atoms with Crippen molar-refractivity contribution in [2.45, 2.75) is 25.0 Å². The number of fused-ring (bicyclic) bond motifs is 1. The van der Waals surface area contributed by atoms with Gasteiger partial charge in [0.05, 0.1) is 23.2 Å². The van der Waals surface area contributed by atoms with Crippen molar-refractivity contribution in [3.05, 3.63) is 36.0 Å². The Kier molecular flexibility index (Phi) is 3.39. The number of aromatic nitrogens is 1. The molecule has 3 heterocycles. The summed E-state index contributed by atoms with van der Waals surface area (Å²) in [5.74, 6) is 0.00815. The number of benzene rings is 1. The van der Waals surface area contributed by atoms with Crippen LogP contribution in [0.1, 0.15) is 23.2 Å². The van der Waals surface area contributed by atoms with Crippen LogP contribution >= 0.6 is 0 Å².